The van der Waals surface area contributed by atoms with Crippen molar-refractivity contribution in [3.8, 4) is 0 Å². The number of aromatic nitrogens is 1. The standard InChI is InChI=1S/C14H14ClNOS/c1-10(17)14-7-6-12(8-16-14)18-9-11-4-2-3-5-13(11)15/h2-8,10,17H,9H2,1H3/t10-/m1/s1. The quantitative estimate of drug-likeness (QED) is 0.856. The molecule has 4 heteroatoms. The van der Waals surface area contributed by atoms with Gasteiger partial charge in [-0.25, -0.2) is 0 Å². The van der Waals surface area contributed by atoms with Crippen LogP contribution in [-0.4, -0.2) is 10.1 Å². The highest BCUT2D eigenvalue weighted by atomic mass is 35.5. The number of nitrogens with zero attached hydrogens (tertiary/aromatic N) is 1. The van der Waals surface area contributed by atoms with Gasteiger partial charge >= 0.3 is 0 Å². The maximum absolute atomic E-state index is 9.37. The van der Waals surface area contributed by atoms with Crippen molar-refractivity contribution in [1.82, 2.24) is 4.98 Å². The molecule has 0 unspecified atom stereocenters. The van der Waals surface area contributed by atoms with Gasteiger partial charge in [-0.2, -0.15) is 0 Å². The molecule has 0 saturated heterocycles. The van der Waals surface area contributed by atoms with Crippen molar-refractivity contribution in [3.63, 3.8) is 0 Å². The van der Waals surface area contributed by atoms with Crippen LogP contribution in [0.3, 0.4) is 0 Å². The van der Waals surface area contributed by atoms with E-state index in [1.165, 1.54) is 0 Å². The second-order valence-electron chi connectivity index (χ2n) is 3.97. The van der Waals surface area contributed by atoms with Crippen LogP contribution in [0.1, 0.15) is 24.3 Å². The average molecular weight is 280 g/mol. The number of aliphatic hydroxyl groups excluding tert-OH is 1. The second-order valence-corrected chi connectivity index (χ2v) is 5.43. The van der Waals surface area contributed by atoms with Gasteiger partial charge < -0.3 is 5.11 Å². The van der Waals surface area contributed by atoms with E-state index in [0.717, 1.165) is 21.2 Å². The normalized spacial score (nSPS) is 12.4. The average Bonchev–Trinajstić information content (AvgIpc) is 2.38. The second kappa shape index (κ2) is 6.23. The molecule has 1 aromatic carbocycles. The molecule has 1 N–H and O–H groups in total. The third-order valence-corrected chi connectivity index (χ3v) is 3.94. The number of benzene rings is 1. The highest BCUT2D eigenvalue weighted by Gasteiger charge is 2.04. The van der Waals surface area contributed by atoms with Crippen LogP contribution in [0.15, 0.2) is 47.5 Å². The summed E-state index contributed by atoms with van der Waals surface area (Å²) in [5.74, 6) is 0.815. The van der Waals surface area contributed by atoms with Crippen LogP contribution >= 0.6 is 23.4 Å². The van der Waals surface area contributed by atoms with Gasteiger partial charge in [0.25, 0.3) is 0 Å². The summed E-state index contributed by atoms with van der Waals surface area (Å²) in [4.78, 5) is 5.28. The minimum absolute atomic E-state index is 0.521. The Morgan fingerprint density at radius 1 is 1.28 bits per heavy atom. The smallest absolute Gasteiger partial charge is 0.0931 e. The van der Waals surface area contributed by atoms with Crippen LogP contribution < -0.4 is 0 Å². The zero-order chi connectivity index (χ0) is 13.0. The van der Waals surface area contributed by atoms with Gasteiger partial charge in [-0.15, -0.1) is 11.8 Å². The molecule has 2 rings (SSSR count). The number of pyridine rings is 1. The van der Waals surface area contributed by atoms with Crippen LogP contribution in [0.2, 0.25) is 5.02 Å². The molecule has 0 saturated carbocycles. The van der Waals surface area contributed by atoms with Gasteiger partial charge in [0.1, 0.15) is 0 Å². The van der Waals surface area contributed by atoms with Gasteiger partial charge in [0.05, 0.1) is 11.8 Å². The van der Waals surface area contributed by atoms with Crippen LogP contribution in [0.5, 0.6) is 0 Å². The lowest BCUT2D eigenvalue weighted by Gasteiger charge is -2.06. The van der Waals surface area contributed by atoms with Crippen molar-refractivity contribution in [2.75, 3.05) is 0 Å². The number of aliphatic hydroxyl groups is 1. The van der Waals surface area contributed by atoms with E-state index >= 15 is 0 Å². The molecule has 1 aromatic heterocycles. The molecule has 0 fully saturated rings. The Hall–Kier alpha value is -1.03. The number of hydrogen-bond donors (Lipinski definition) is 1. The molecule has 0 spiro atoms. The predicted octanol–water partition coefficient (Wildman–Crippen LogP) is 4.08. The molecule has 0 aliphatic heterocycles. The Labute approximate surface area is 116 Å². The highest BCUT2D eigenvalue weighted by Crippen LogP contribution is 2.26. The van der Waals surface area contributed by atoms with Gasteiger partial charge in [0.15, 0.2) is 0 Å². The molecule has 1 heterocycles. The van der Waals surface area contributed by atoms with Crippen LogP contribution in [0.4, 0.5) is 0 Å². The Kier molecular flexibility index (Phi) is 4.64. The van der Waals surface area contributed by atoms with Crippen molar-refractivity contribution in [2.24, 2.45) is 0 Å². The summed E-state index contributed by atoms with van der Waals surface area (Å²) in [7, 11) is 0. The summed E-state index contributed by atoms with van der Waals surface area (Å²) in [5, 5.41) is 10.2. The largest absolute Gasteiger partial charge is 0.387 e. The van der Waals surface area contributed by atoms with Crippen LogP contribution in [0.25, 0.3) is 0 Å². The van der Waals surface area contributed by atoms with Gasteiger partial charge in [-0.3, -0.25) is 4.98 Å². The number of halogens is 1. The lowest BCUT2D eigenvalue weighted by molar-refractivity contribution is 0.194. The van der Waals surface area contributed by atoms with Crippen molar-refractivity contribution < 1.29 is 5.11 Å². The molecular formula is C14H14ClNOS. The van der Waals surface area contributed by atoms with E-state index in [2.05, 4.69) is 4.98 Å². The Balaban J connectivity index is 2.00. The first-order chi connectivity index (χ1) is 8.66. The summed E-state index contributed by atoms with van der Waals surface area (Å²) >= 11 is 7.77. The number of thioether (sulfide) groups is 1. The lowest BCUT2D eigenvalue weighted by atomic mass is 10.2. The number of rotatable bonds is 4. The van der Waals surface area contributed by atoms with E-state index in [1.807, 2.05) is 36.4 Å². The SMILES string of the molecule is C[C@@H](O)c1ccc(SCc2ccccc2Cl)cn1. The number of hydrogen-bond acceptors (Lipinski definition) is 3. The summed E-state index contributed by atoms with van der Waals surface area (Å²) in [6.07, 6.45) is 1.26. The Bertz CT molecular complexity index is 513. The molecule has 0 amide bonds. The first-order valence-electron chi connectivity index (χ1n) is 5.67. The Morgan fingerprint density at radius 2 is 2.06 bits per heavy atom. The monoisotopic (exact) mass is 279 g/mol. The molecule has 2 aromatic rings. The van der Waals surface area contributed by atoms with Gasteiger partial charge in [-0.05, 0) is 30.7 Å². The third kappa shape index (κ3) is 3.48. The molecule has 0 bridgehead atoms. The maximum Gasteiger partial charge on any atom is 0.0931 e. The molecule has 18 heavy (non-hydrogen) atoms. The van der Waals surface area contributed by atoms with E-state index in [9.17, 15) is 5.11 Å². The first-order valence-corrected chi connectivity index (χ1v) is 7.03. The summed E-state index contributed by atoms with van der Waals surface area (Å²) in [6.45, 7) is 1.71. The van der Waals surface area contributed by atoms with Gasteiger partial charge in [0.2, 0.25) is 0 Å². The zero-order valence-corrected chi connectivity index (χ0v) is 11.6. The molecule has 2 nitrogen and oxygen atoms in total. The fourth-order valence-corrected chi connectivity index (χ4v) is 2.65. The summed E-state index contributed by atoms with van der Waals surface area (Å²) in [5.41, 5.74) is 1.81. The first kappa shape index (κ1) is 13.4. The zero-order valence-electron chi connectivity index (χ0n) is 10.0. The fourth-order valence-electron chi connectivity index (χ4n) is 1.50. The fraction of sp³-hybridized carbons (Fsp3) is 0.214. The predicted molar refractivity (Wildman–Crippen MR) is 75.9 cm³/mol. The van der Waals surface area contributed by atoms with Gasteiger partial charge in [-0.1, -0.05) is 29.8 Å². The van der Waals surface area contributed by atoms with Crippen LogP contribution in [-0.2, 0) is 5.75 Å². The summed E-state index contributed by atoms with van der Waals surface area (Å²) < 4.78 is 0. The van der Waals surface area contributed by atoms with Crippen molar-refractivity contribution in [3.05, 3.63) is 58.9 Å². The van der Waals surface area contributed by atoms with Crippen molar-refractivity contribution in [1.29, 1.82) is 0 Å². The molecule has 0 aliphatic rings. The summed E-state index contributed by atoms with van der Waals surface area (Å²) in [6, 6.07) is 11.6. The lowest BCUT2D eigenvalue weighted by Crippen LogP contribution is -1.94. The molecular weight excluding hydrogens is 266 g/mol. The highest BCUT2D eigenvalue weighted by molar-refractivity contribution is 7.98. The molecule has 94 valence electrons. The minimum Gasteiger partial charge on any atom is -0.387 e. The topological polar surface area (TPSA) is 33.1 Å². The molecule has 0 radical (unpaired) electrons. The van der Waals surface area contributed by atoms with Crippen LogP contribution in [0, 0.1) is 0 Å². The Morgan fingerprint density at radius 3 is 2.67 bits per heavy atom. The van der Waals surface area contributed by atoms with Crippen molar-refractivity contribution >= 4 is 23.4 Å². The molecule has 1 atom stereocenters. The third-order valence-electron chi connectivity index (χ3n) is 2.54. The minimum atomic E-state index is -0.521. The van der Waals surface area contributed by atoms with E-state index in [4.69, 9.17) is 11.6 Å². The van der Waals surface area contributed by atoms with Crippen molar-refractivity contribution in [2.45, 2.75) is 23.7 Å². The van der Waals surface area contributed by atoms with E-state index in [0.29, 0.717) is 5.69 Å². The molecule has 0 aliphatic carbocycles. The van der Waals surface area contributed by atoms with E-state index in [1.54, 1.807) is 24.9 Å². The van der Waals surface area contributed by atoms with E-state index in [-0.39, 0.29) is 0 Å². The maximum atomic E-state index is 9.37. The van der Waals surface area contributed by atoms with Gasteiger partial charge in [0, 0.05) is 21.9 Å². The van der Waals surface area contributed by atoms with E-state index < -0.39 is 6.10 Å².